The molecule has 2 aromatic rings. The van der Waals surface area contributed by atoms with Crippen LogP contribution in [-0.2, 0) is 6.42 Å². The van der Waals surface area contributed by atoms with Gasteiger partial charge in [0.15, 0.2) is 11.6 Å². The summed E-state index contributed by atoms with van der Waals surface area (Å²) in [6.45, 7) is 2.09. The summed E-state index contributed by atoms with van der Waals surface area (Å²) in [5.41, 5.74) is 2.26. The van der Waals surface area contributed by atoms with E-state index in [-0.39, 0.29) is 6.04 Å². The maximum atomic E-state index is 14.2. The average molecular weight is 272 g/mol. The summed E-state index contributed by atoms with van der Waals surface area (Å²) in [6.07, 6.45) is 3.22. The fourth-order valence-electron chi connectivity index (χ4n) is 2.66. The third-order valence-electron chi connectivity index (χ3n) is 3.70. The van der Waals surface area contributed by atoms with Crippen LogP contribution in [-0.4, -0.2) is 23.1 Å². The van der Waals surface area contributed by atoms with Crippen molar-refractivity contribution in [3.05, 3.63) is 41.8 Å². The number of benzene rings is 1. The first kappa shape index (κ1) is 12.8. The van der Waals surface area contributed by atoms with Crippen molar-refractivity contribution in [2.45, 2.75) is 25.8 Å². The van der Waals surface area contributed by atoms with Crippen molar-refractivity contribution in [3.63, 3.8) is 0 Å². The highest BCUT2D eigenvalue weighted by Crippen LogP contribution is 2.36. The molecule has 1 atom stereocenters. The molecule has 1 aliphatic heterocycles. The molecule has 2 heterocycles. The Hall–Kier alpha value is -2.17. The molecule has 1 aromatic carbocycles. The van der Waals surface area contributed by atoms with Crippen LogP contribution in [0.2, 0.25) is 0 Å². The number of nitrogens with one attached hydrogen (secondary N) is 1. The minimum atomic E-state index is -0.396. The Morgan fingerprint density at radius 2 is 2.15 bits per heavy atom. The van der Waals surface area contributed by atoms with Gasteiger partial charge < -0.3 is 10.2 Å². The number of hydrogen-bond donors (Lipinski definition) is 1. The van der Waals surface area contributed by atoms with Crippen LogP contribution in [0.4, 0.5) is 21.8 Å². The van der Waals surface area contributed by atoms with Gasteiger partial charge in [0.25, 0.3) is 0 Å². The molecule has 1 aromatic heterocycles. The zero-order chi connectivity index (χ0) is 14.1. The van der Waals surface area contributed by atoms with Crippen LogP contribution in [0, 0.1) is 5.82 Å². The fraction of sp³-hybridized carbons (Fsp3) is 0.333. The van der Waals surface area contributed by atoms with E-state index in [2.05, 4.69) is 28.3 Å². The molecular weight excluding hydrogens is 255 g/mol. The highest BCUT2D eigenvalue weighted by Gasteiger charge is 2.27. The summed E-state index contributed by atoms with van der Waals surface area (Å²) in [5.74, 6) is 0.369. The van der Waals surface area contributed by atoms with E-state index in [4.69, 9.17) is 0 Å². The Balaban J connectivity index is 2.13. The largest absolute Gasteiger partial charge is 0.357 e. The molecule has 104 valence electrons. The van der Waals surface area contributed by atoms with E-state index in [0.717, 1.165) is 18.5 Å². The number of anilines is 3. The lowest BCUT2D eigenvalue weighted by molar-refractivity contribution is 0.572. The van der Waals surface area contributed by atoms with E-state index in [1.54, 1.807) is 7.05 Å². The summed E-state index contributed by atoms with van der Waals surface area (Å²) >= 11 is 0. The molecule has 0 saturated heterocycles. The normalized spacial score (nSPS) is 17.8. The second-order valence-electron chi connectivity index (χ2n) is 5.00. The molecule has 3 rings (SSSR count). The van der Waals surface area contributed by atoms with E-state index in [0.29, 0.717) is 11.8 Å². The Morgan fingerprint density at radius 1 is 1.35 bits per heavy atom. The van der Waals surface area contributed by atoms with Crippen molar-refractivity contribution < 1.29 is 4.39 Å². The molecule has 1 unspecified atom stereocenters. The van der Waals surface area contributed by atoms with E-state index in [9.17, 15) is 4.39 Å². The maximum absolute atomic E-state index is 14.2. The quantitative estimate of drug-likeness (QED) is 0.912. The van der Waals surface area contributed by atoms with E-state index in [1.807, 2.05) is 23.1 Å². The van der Waals surface area contributed by atoms with Gasteiger partial charge in [0, 0.05) is 18.8 Å². The summed E-state index contributed by atoms with van der Waals surface area (Å²) in [5, 5.41) is 2.86. The Kier molecular flexibility index (Phi) is 3.26. The predicted octanol–water partition coefficient (Wildman–Crippen LogP) is 3.13. The smallest absolute Gasteiger partial charge is 0.224 e. The summed E-state index contributed by atoms with van der Waals surface area (Å²) in [7, 11) is 1.73. The molecule has 0 saturated carbocycles. The molecule has 1 aliphatic rings. The van der Waals surface area contributed by atoms with Gasteiger partial charge in [-0.05, 0) is 31.4 Å². The minimum Gasteiger partial charge on any atom is -0.357 e. The zero-order valence-electron chi connectivity index (χ0n) is 11.6. The van der Waals surface area contributed by atoms with E-state index >= 15 is 0 Å². The van der Waals surface area contributed by atoms with Crippen LogP contribution in [0.15, 0.2) is 30.5 Å². The molecule has 0 fully saturated rings. The number of hydrogen-bond acceptors (Lipinski definition) is 4. The first-order valence-corrected chi connectivity index (χ1v) is 6.78. The number of rotatable bonds is 2. The average Bonchev–Trinajstić information content (AvgIpc) is 2.48. The number of aromatic nitrogens is 2. The fourth-order valence-corrected chi connectivity index (χ4v) is 2.66. The van der Waals surface area contributed by atoms with Gasteiger partial charge in [-0.3, -0.25) is 0 Å². The molecule has 20 heavy (non-hydrogen) atoms. The van der Waals surface area contributed by atoms with Gasteiger partial charge in [-0.1, -0.05) is 18.2 Å². The second-order valence-corrected chi connectivity index (χ2v) is 5.00. The highest BCUT2D eigenvalue weighted by atomic mass is 19.1. The number of para-hydroxylation sites is 1. The highest BCUT2D eigenvalue weighted by molar-refractivity contribution is 5.67. The van der Waals surface area contributed by atoms with E-state index < -0.39 is 5.82 Å². The Bertz CT molecular complexity index is 629. The molecule has 0 aliphatic carbocycles. The monoisotopic (exact) mass is 272 g/mol. The van der Waals surface area contributed by atoms with Crippen LogP contribution in [0.3, 0.4) is 0 Å². The molecule has 0 spiro atoms. The van der Waals surface area contributed by atoms with Gasteiger partial charge in [-0.15, -0.1) is 0 Å². The summed E-state index contributed by atoms with van der Waals surface area (Å²) in [4.78, 5) is 10.2. The lowest BCUT2D eigenvalue weighted by atomic mass is 9.96. The zero-order valence-corrected chi connectivity index (χ0v) is 11.6. The second kappa shape index (κ2) is 5.07. The number of fused-ring (bicyclic) bond motifs is 1. The molecule has 0 bridgehead atoms. The van der Waals surface area contributed by atoms with Gasteiger partial charge >= 0.3 is 0 Å². The molecule has 1 N–H and O–H groups in total. The van der Waals surface area contributed by atoms with Crippen molar-refractivity contribution in [2.24, 2.45) is 0 Å². The summed E-state index contributed by atoms with van der Waals surface area (Å²) < 4.78 is 14.2. The first-order chi connectivity index (χ1) is 9.70. The molecular formula is C15H17FN4. The molecule has 5 heteroatoms. The van der Waals surface area contributed by atoms with Crippen LogP contribution >= 0.6 is 0 Å². The number of halogens is 1. The number of aryl methyl sites for hydroxylation is 1. The topological polar surface area (TPSA) is 41.1 Å². The van der Waals surface area contributed by atoms with Crippen molar-refractivity contribution in [3.8, 4) is 0 Å². The SMILES string of the molecule is CNc1ncc(F)c(N2c3ccccc3CCC2C)n1. The maximum Gasteiger partial charge on any atom is 0.224 e. The Labute approximate surface area is 117 Å². The third kappa shape index (κ3) is 2.09. The van der Waals surface area contributed by atoms with Crippen LogP contribution in [0.25, 0.3) is 0 Å². The van der Waals surface area contributed by atoms with E-state index in [1.165, 1.54) is 11.8 Å². The van der Waals surface area contributed by atoms with Gasteiger partial charge in [-0.2, -0.15) is 4.98 Å². The third-order valence-corrected chi connectivity index (χ3v) is 3.70. The Morgan fingerprint density at radius 3 is 2.95 bits per heavy atom. The van der Waals surface area contributed by atoms with Crippen molar-refractivity contribution in [2.75, 3.05) is 17.3 Å². The van der Waals surface area contributed by atoms with Crippen LogP contribution < -0.4 is 10.2 Å². The van der Waals surface area contributed by atoms with Gasteiger partial charge in [-0.25, -0.2) is 9.37 Å². The van der Waals surface area contributed by atoms with Crippen molar-refractivity contribution >= 4 is 17.5 Å². The number of nitrogens with zero attached hydrogens (tertiary/aromatic N) is 3. The van der Waals surface area contributed by atoms with Crippen molar-refractivity contribution in [1.29, 1.82) is 0 Å². The lowest BCUT2D eigenvalue weighted by Gasteiger charge is -2.36. The summed E-state index contributed by atoms with van der Waals surface area (Å²) in [6, 6.07) is 8.31. The first-order valence-electron chi connectivity index (χ1n) is 6.78. The van der Waals surface area contributed by atoms with Crippen LogP contribution in [0.1, 0.15) is 18.9 Å². The standard InChI is InChI=1S/C15H17FN4/c1-10-7-8-11-5-3-4-6-13(11)20(10)14-12(16)9-18-15(17-2)19-14/h3-6,9-10H,7-8H2,1-2H3,(H,17,18,19). The van der Waals surface area contributed by atoms with Gasteiger partial charge in [0.1, 0.15) is 0 Å². The van der Waals surface area contributed by atoms with Crippen LogP contribution in [0.5, 0.6) is 0 Å². The molecule has 4 nitrogen and oxygen atoms in total. The lowest BCUT2D eigenvalue weighted by Crippen LogP contribution is -2.34. The molecule has 0 amide bonds. The van der Waals surface area contributed by atoms with Gasteiger partial charge in [0.2, 0.25) is 5.95 Å². The van der Waals surface area contributed by atoms with Crippen molar-refractivity contribution in [1.82, 2.24) is 9.97 Å². The molecule has 0 radical (unpaired) electrons. The minimum absolute atomic E-state index is 0.207. The predicted molar refractivity (Wildman–Crippen MR) is 77.9 cm³/mol. The van der Waals surface area contributed by atoms with Gasteiger partial charge in [0.05, 0.1) is 6.20 Å².